The van der Waals surface area contributed by atoms with Crippen LogP contribution < -0.4 is 14.9 Å². The van der Waals surface area contributed by atoms with Crippen LogP contribution in [0.2, 0.25) is 5.02 Å². The number of halogens is 2. The van der Waals surface area contributed by atoms with E-state index in [9.17, 15) is 9.65 Å². The smallest absolute Gasteiger partial charge is 0.196 e. The minimum Gasteiger partial charge on any atom is -0.495 e. The normalized spacial score (nSPS) is 11.0. The molecule has 0 bridgehead atoms. The number of nitrogens with zero attached hydrogens (tertiary/aromatic N) is 3. The van der Waals surface area contributed by atoms with Gasteiger partial charge in [0.15, 0.2) is 10.7 Å². The molecule has 0 atom stereocenters. The highest BCUT2D eigenvalue weighted by molar-refractivity contribution is 7.12. The number of benzene rings is 2. The largest absolute Gasteiger partial charge is 0.495 e. The van der Waals surface area contributed by atoms with Gasteiger partial charge in [0.1, 0.15) is 29.1 Å². The number of methoxy groups -OCH3 is 2. The highest BCUT2D eigenvalue weighted by atomic mass is 35.5. The Balaban J connectivity index is 1.88. The van der Waals surface area contributed by atoms with Gasteiger partial charge in [-0.3, -0.25) is 5.43 Å². The van der Waals surface area contributed by atoms with Crippen LogP contribution in [0.25, 0.3) is 11.3 Å². The summed E-state index contributed by atoms with van der Waals surface area (Å²) < 4.78 is 23.5. The molecule has 0 saturated carbocycles. The fourth-order valence-electron chi connectivity index (χ4n) is 2.32. The van der Waals surface area contributed by atoms with Crippen molar-refractivity contribution in [3.63, 3.8) is 0 Å². The van der Waals surface area contributed by atoms with Crippen molar-refractivity contribution in [1.29, 1.82) is 5.26 Å². The molecule has 0 aliphatic carbocycles. The number of anilines is 1. The lowest BCUT2D eigenvalue weighted by Crippen LogP contribution is -2.03. The average molecular weight is 417 g/mol. The summed E-state index contributed by atoms with van der Waals surface area (Å²) >= 11 is 7.35. The standard InChI is InChI=1S/C19H14ClFN4O2S/c1-26-17-8-14(18(27-2)7-13(17)20)24-25-15(9-22)19-23-16(10-28-19)11-3-5-12(21)6-4-11/h3-8,10,24H,1-2H3/b25-15-. The summed E-state index contributed by atoms with van der Waals surface area (Å²) in [4.78, 5) is 4.41. The molecule has 0 aliphatic heterocycles. The molecule has 0 aliphatic rings. The van der Waals surface area contributed by atoms with Crippen LogP contribution in [0.4, 0.5) is 10.1 Å². The van der Waals surface area contributed by atoms with Crippen LogP contribution in [0.1, 0.15) is 5.01 Å². The molecular weight excluding hydrogens is 403 g/mol. The number of nitrogens with one attached hydrogen (secondary N) is 1. The first kappa shape index (κ1) is 19.6. The second kappa shape index (κ2) is 8.69. The number of thiazole rings is 1. The first-order valence-electron chi connectivity index (χ1n) is 7.93. The molecule has 2 aromatic carbocycles. The molecule has 142 valence electrons. The third-order valence-corrected chi connectivity index (χ3v) is 4.86. The van der Waals surface area contributed by atoms with Crippen molar-refractivity contribution in [3.8, 4) is 28.8 Å². The van der Waals surface area contributed by atoms with E-state index in [1.54, 1.807) is 29.6 Å². The molecule has 1 N–H and O–H groups in total. The minimum atomic E-state index is -0.324. The van der Waals surface area contributed by atoms with E-state index >= 15 is 0 Å². The average Bonchev–Trinajstić information content (AvgIpc) is 3.19. The molecule has 1 heterocycles. The predicted octanol–water partition coefficient (Wildman–Crippen LogP) is 4.96. The molecule has 0 fully saturated rings. The third-order valence-electron chi connectivity index (χ3n) is 3.71. The molecule has 6 nitrogen and oxygen atoms in total. The van der Waals surface area contributed by atoms with Gasteiger partial charge in [0, 0.05) is 23.1 Å². The van der Waals surface area contributed by atoms with Gasteiger partial charge in [-0.05, 0) is 24.3 Å². The van der Waals surface area contributed by atoms with Crippen molar-refractivity contribution in [2.24, 2.45) is 5.10 Å². The van der Waals surface area contributed by atoms with E-state index in [2.05, 4.69) is 15.5 Å². The maximum absolute atomic E-state index is 13.1. The summed E-state index contributed by atoms with van der Waals surface area (Å²) in [5.41, 5.74) is 4.74. The molecular formula is C19H14ClFN4O2S. The van der Waals surface area contributed by atoms with Crippen LogP contribution in [0.15, 0.2) is 46.9 Å². The molecule has 0 spiro atoms. The van der Waals surface area contributed by atoms with Gasteiger partial charge in [0.25, 0.3) is 0 Å². The summed E-state index contributed by atoms with van der Waals surface area (Å²) in [5.74, 6) is 0.555. The minimum absolute atomic E-state index is 0.0920. The molecule has 0 amide bonds. The van der Waals surface area contributed by atoms with E-state index in [0.717, 1.165) is 5.56 Å². The molecule has 9 heteroatoms. The van der Waals surface area contributed by atoms with Gasteiger partial charge in [-0.15, -0.1) is 11.3 Å². The fourth-order valence-corrected chi connectivity index (χ4v) is 3.32. The van der Waals surface area contributed by atoms with Gasteiger partial charge in [-0.2, -0.15) is 10.4 Å². The molecule has 0 saturated heterocycles. The monoisotopic (exact) mass is 416 g/mol. The Morgan fingerprint density at radius 2 is 1.93 bits per heavy atom. The number of hydrogen-bond acceptors (Lipinski definition) is 7. The van der Waals surface area contributed by atoms with Crippen molar-refractivity contribution in [2.45, 2.75) is 0 Å². The van der Waals surface area contributed by atoms with E-state index in [-0.39, 0.29) is 11.5 Å². The predicted molar refractivity (Wildman–Crippen MR) is 108 cm³/mol. The highest BCUT2D eigenvalue weighted by Crippen LogP contribution is 2.36. The van der Waals surface area contributed by atoms with Crippen molar-refractivity contribution in [1.82, 2.24) is 4.98 Å². The van der Waals surface area contributed by atoms with Crippen LogP contribution in [0.3, 0.4) is 0 Å². The lowest BCUT2D eigenvalue weighted by Gasteiger charge is -2.11. The number of rotatable bonds is 6. The van der Waals surface area contributed by atoms with E-state index < -0.39 is 0 Å². The maximum Gasteiger partial charge on any atom is 0.196 e. The van der Waals surface area contributed by atoms with Crippen molar-refractivity contribution >= 4 is 34.3 Å². The molecule has 28 heavy (non-hydrogen) atoms. The Kier molecular flexibility index (Phi) is 6.09. The van der Waals surface area contributed by atoms with Gasteiger partial charge >= 0.3 is 0 Å². The number of hydrogen-bond donors (Lipinski definition) is 1. The Labute approximate surface area is 169 Å². The second-order valence-electron chi connectivity index (χ2n) is 5.42. The maximum atomic E-state index is 13.1. The molecule has 3 rings (SSSR count). The molecule has 0 unspecified atom stereocenters. The quantitative estimate of drug-likeness (QED) is 0.453. The van der Waals surface area contributed by atoms with Gasteiger partial charge < -0.3 is 9.47 Å². The van der Waals surface area contributed by atoms with Crippen LogP contribution >= 0.6 is 22.9 Å². The van der Waals surface area contributed by atoms with E-state index in [4.69, 9.17) is 21.1 Å². The summed E-state index contributed by atoms with van der Waals surface area (Å²) in [7, 11) is 2.99. The summed E-state index contributed by atoms with van der Waals surface area (Å²) in [6.45, 7) is 0. The van der Waals surface area contributed by atoms with Crippen LogP contribution in [0.5, 0.6) is 11.5 Å². The van der Waals surface area contributed by atoms with Crippen LogP contribution in [0, 0.1) is 17.1 Å². The zero-order valence-electron chi connectivity index (χ0n) is 14.9. The van der Waals surface area contributed by atoms with Gasteiger partial charge in [-0.1, -0.05) is 11.6 Å². The Hall–Kier alpha value is -3.15. The second-order valence-corrected chi connectivity index (χ2v) is 6.68. The van der Waals surface area contributed by atoms with Crippen LogP contribution in [-0.2, 0) is 0 Å². The van der Waals surface area contributed by atoms with E-state index in [1.165, 1.54) is 37.7 Å². The lowest BCUT2D eigenvalue weighted by molar-refractivity contribution is 0.405. The van der Waals surface area contributed by atoms with Gasteiger partial charge in [-0.25, -0.2) is 9.37 Å². The van der Waals surface area contributed by atoms with E-state index in [1.807, 2.05) is 6.07 Å². The van der Waals surface area contributed by atoms with Gasteiger partial charge in [0.2, 0.25) is 0 Å². The Bertz CT molecular complexity index is 1060. The van der Waals surface area contributed by atoms with E-state index in [0.29, 0.717) is 32.9 Å². The first-order chi connectivity index (χ1) is 13.5. The zero-order valence-corrected chi connectivity index (χ0v) is 16.4. The third kappa shape index (κ3) is 4.22. The highest BCUT2D eigenvalue weighted by Gasteiger charge is 2.13. The van der Waals surface area contributed by atoms with Crippen LogP contribution in [-0.4, -0.2) is 24.9 Å². The Morgan fingerprint density at radius 3 is 2.57 bits per heavy atom. The fraction of sp³-hybridized carbons (Fsp3) is 0.105. The topological polar surface area (TPSA) is 79.5 Å². The van der Waals surface area contributed by atoms with Crippen molar-refractivity contribution in [3.05, 3.63) is 57.6 Å². The number of ether oxygens (including phenoxy) is 2. The molecule has 3 aromatic rings. The summed E-state index contributed by atoms with van der Waals surface area (Å²) in [6.07, 6.45) is 0. The molecule has 0 radical (unpaired) electrons. The lowest BCUT2D eigenvalue weighted by atomic mass is 10.2. The summed E-state index contributed by atoms with van der Waals surface area (Å²) in [5, 5.41) is 16.2. The first-order valence-corrected chi connectivity index (χ1v) is 9.18. The number of nitriles is 1. The molecule has 1 aromatic heterocycles. The SMILES string of the molecule is COc1cc(N/N=C(/C#N)c2nc(-c3ccc(F)cc3)cs2)c(OC)cc1Cl. The Morgan fingerprint density at radius 1 is 1.21 bits per heavy atom. The summed E-state index contributed by atoms with van der Waals surface area (Å²) in [6, 6.07) is 11.2. The van der Waals surface area contributed by atoms with Crippen molar-refractivity contribution < 1.29 is 13.9 Å². The number of hydrazone groups is 1. The number of aromatic nitrogens is 1. The van der Waals surface area contributed by atoms with Crippen molar-refractivity contribution in [2.75, 3.05) is 19.6 Å². The van der Waals surface area contributed by atoms with Gasteiger partial charge in [0.05, 0.1) is 24.9 Å². The zero-order chi connectivity index (χ0) is 20.1.